The number of hydrogen-bond acceptors (Lipinski definition) is 2. The molecule has 0 unspecified atom stereocenters. The first-order valence-electron chi connectivity index (χ1n) is 19.1. The van der Waals surface area contributed by atoms with E-state index in [2.05, 4.69) is 30.9 Å². The van der Waals surface area contributed by atoms with Crippen LogP contribution in [0.1, 0.15) is 213 Å². The molecule has 0 aliphatic heterocycles. The van der Waals surface area contributed by atoms with Gasteiger partial charge < -0.3 is 10.6 Å². The van der Waals surface area contributed by atoms with Gasteiger partial charge in [-0.15, -0.1) is 0 Å². The molecule has 241 valence electrons. The fourth-order valence-electron chi connectivity index (χ4n) is 5.86. The summed E-state index contributed by atoms with van der Waals surface area (Å²) in [6.45, 7) is 9.41. The van der Waals surface area contributed by atoms with E-state index in [1.165, 1.54) is 225 Å². The lowest BCUT2D eigenvalue weighted by molar-refractivity contribution is 0.526. The van der Waals surface area contributed by atoms with E-state index in [1.54, 1.807) is 0 Å². The van der Waals surface area contributed by atoms with Gasteiger partial charge in [0.1, 0.15) is 0 Å². The van der Waals surface area contributed by atoms with Gasteiger partial charge in [-0.25, -0.2) is 0 Å². The van der Waals surface area contributed by atoms with Crippen molar-refractivity contribution in [2.24, 2.45) is 0 Å². The number of hydrogen-bond donors (Lipinski definition) is 2. The van der Waals surface area contributed by atoms with Crippen LogP contribution in [0.2, 0.25) is 0 Å². The minimum Gasteiger partial charge on any atom is -0.317 e. The molecular formula is C38H79N2. The second-order valence-electron chi connectivity index (χ2n) is 12.9. The normalized spacial score (nSPS) is 11.6. The van der Waals surface area contributed by atoms with Crippen molar-refractivity contribution in [1.82, 2.24) is 10.6 Å². The maximum Gasteiger partial charge on any atom is -0.00462 e. The topological polar surface area (TPSA) is 24.1 Å². The van der Waals surface area contributed by atoms with Crippen molar-refractivity contribution in [2.45, 2.75) is 213 Å². The quantitative estimate of drug-likeness (QED) is 0.0734. The van der Waals surface area contributed by atoms with Crippen molar-refractivity contribution in [3.8, 4) is 0 Å². The zero-order valence-corrected chi connectivity index (χ0v) is 28.3. The van der Waals surface area contributed by atoms with Crippen LogP contribution >= 0.6 is 0 Å². The van der Waals surface area contributed by atoms with Crippen molar-refractivity contribution in [3.63, 3.8) is 0 Å². The molecule has 0 bridgehead atoms. The molecular weight excluding hydrogens is 484 g/mol. The highest BCUT2D eigenvalue weighted by Crippen LogP contribution is 2.14. The molecule has 0 aliphatic rings. The molecule has 0 aromatic carbocycles. The van der Waals surface area contributed by atoms with Crippen LogP contribution in [0.25, 0.3) is 0 Å². The second-order valence-corrected chi connectivity index (χ2v) is 12.9. The lowest BCUT2D eigenvalue weighted by atomic mass is 10.0. The summed E-state index contributed by atoms with van der Waals surface area (Å²) >= 11 is 0. The second kappa shape index (κ2) is 38.9. The Hall–Kier alpha value is -0.0800. The van der Waals surface area contributed by atoms with Crippen molar-refractivity contribution < 1.29 is 0 Å². The van der Waals surface area contributed by atoms with Gasteiger partial charge in [-0.2, -0.15) is 0 Å². The third-order valence-electron chi connectivity index (χ3n) is 8.70. The summed E-state index contributed by atoms with van der Waals surface area (Å²) < 4.78 is 0. The summed E-state index contributed by atoms with van der Waals surface area (Å²) in [7, 11) is 0. The smallest absolute Gasteiger partial charge is 0.00462 e. The van der Waals surface area contributed by atoms with Crippen LogP contribution in [-0.4, -0.2) is 26.2 Å². The van der Waals surface area contributed by atoms with Crippen molar-refractivity contribution in [3.05, 3.63) is 6.42 Å². The monoisotopic (exact) mass is 564 g/mol. The molecule has 0 aliphatic carbocycles. The molecule has 0 saturated heterocycles. The average Bonchev–Trinajstić information content (AvgIpc) is 2.97. The fraction of sp³-hybridized carbons (Fsp3) is 0.974. The summed E-state index contributed by atoms with van der Waals surface area (Å²) in [4.78, 5) is 0. The van der Waals surface area contributed by atoms with Crippen LogP contribution in [-0.2, 0) is 0 Å². The highest BCUT2D eigenvalue weighted by molar-refractivity contribution is 4.67. The highest BCUT2D eigenvalue weighted by Gasteiger charge is 1.97. The van der Waals surface area contributed by atoms with Gasteiger partial charge in [0.15, 0.2) is 0 Å². The van der Waals surface area contributed by atoms with Crippen LogP contribution in [0.4, 0.5) is 0 Å². The van der Waals surface area contributed by atoms with E-state index in [-0.39, 0.29) is 0 Å². The Balaban J connectivity index is 3.01. The van der Waals surface area contributed by atoms with Gasteiger partial charge in [-0.3, -0.25) is 0 Å². The van der Waals surface area contributed by atoms with Gasteiger partial charge in [-0.1, -0.05) is 181 Å². The van der Waals surface area contributed by atoms with Gasteiger partial charge in [0.2, 0.25) is 0 Å². The molecule has 1 radical (unpaired) electrons. The predicted octanol–water partition coefficient (Wildman–Crippen LogP) is 12.5. The van der Waals surface area contributed by atoms with Gasteiger partial charge in [0.25, 0.3) is 0 Å². The van der Waals surface area contributed by atoms with E-state index in [1.807, 2.05) is 0 Å². The first kappa shape index (κ1) is 39.9. The third-order valence-corrected chi connectivity index (χ3v) is 8.70. The van der Waals surface area contributed by atoms with Crippen LogP contribution in [0.15, 0.2) is 0 Å². The molecule has 0 fully saturated rings. The van der Waals surface area contributed by atoms with Gasteiger partial charge >= 0.3 is 0 Å². The summed E-state index contributed by atoms with van der Waals surface area (Å²) in [5.74, 6) is 0. The maximum atomic E-state index is 3.65. The number of rotatable bonds is 37. The zero-order chi connectivity index (χ0) is 28.9. The van der Waals surface area contributed by atoms with Gasteiger partial charge in [0, 0.05) is 0 Å². The zero-order valence-electron chi connectivity index (χ0n) is 28.3. The number of unbranched alkanes of at least 4 members (excludes halogenated alkanes) is 29. The first-order valence-corrected chi connectivity index (χ1v) is 19.1. The molecule has 0 atom stereocenters. The molecule has 0 aromatic heterocycles. The average molecular weight is 564 g/mol. The van der Waals surface area contributed by atoms with Crippen molar-refractivity contribution in [1.29, 1.82) is 0 Å². The largest absolute Gasteiger partial charge is 0.317 e. The van der Waals surface area contributed by atoms with Gasteiger partial charge in [0.05, 0.1) is 0 Å². The predicted molar refractivity (Wildman–Crippen MR) is 185 cm³/mol. The first-order chi connectivity index (χ1) is 19.9. The Bertz CT molecular complexity index is 372. The van der Waals surface area contributed by atoms with Gasteiger partial charge in [-0.05, 0) is 64.7 Å². The molecule has 0 saturated carbocycles. The minimum atomic E-state index is 1.17. The van der Waals surface area contributed by atoms with E-state index in [0.717, 1.165) is 0 Å². The van der Waals surface area contributed by atoms with E-state index >= 15 is 0 Å². The highest BCUT2D eigenvalue weighted by atomic mass is 14.8. The Morgan fingerprint density at radius 2 is 0.550 bits per heavy atom. The van der Waals surface area contributed by atoms with Crippen LogP contribution < -0.4 is 10.6 Å². The fourth-order valence-corrected chi connectivity index (χ4v) is 5.86. The molecule has 0 amide bonds. The minimum absolute atomic E-state index is 1.17. The molecule has 2 nitrogen and oxygen atoms in total. The Kier molecular flexibility index (Phi) is 38.8. The van der Waals surface area contributed by atoms with Crippen molar-refractivity contribution >= 4 is 0 Å². The molecule has 0 spiro atoms. The van der Waals surface area contributed by atoms with Crippen molar-refractivity contribution in [2.75, 3.05) is 26.2 Å². The maximum absolute atomic E-state index is 3.65. The summed E-state index contributed by atoms with van der Waals surface area (Å²) in [5.41, 5.74) is 0. The standard InChI is InChI=1S/C38H79N2/c1-3-5-7-9-11-13-15-17-19-21-23-25-27-31-35-39-37-33-29-30-34-38-40-36-32-28-26-24-22-20-18-16-14-12-10-8-6-4-2/h29,39-40H,3-28,30-38H2,1-2H3. The molecule has 2 N–H and O–H groups in total. The van der Waals surface area contributed by atoms with E-state index in [9.17, 15) is 0 Å². The van der Waals surface area contributed by atoms with Crippen LogP contribution in [0.5, 0.6) is 0 Å². The Morgan fingerprint density at radius 1 is 0.275 bits per heavy atom. The van der Waals surface area contributed by atoms with Crippen LogP contribution in [0, 0.1) is 6.42 Å². The number of nitrogens with one attached hydrogen (secondary N) is 2. The SMILES string of the molecule is CCCCCCCCCCCCCCCCNCC[CH]CCCNCCCCCCCCCCCCCCCC. The third kappa shape index (κ3) is 37.9. The molecule has 0 rings (SSSR count). The molecule has 40 heavy (non-hydrogen) atoms. The van der Waals surface area contributed by atoms with E-state index in [4.69, 9.17) is 0 Å². The summed E-state index contributed by atoms with van der Waals surface area (Å²) in [5, 5.41) is 7.30. The Labute approximate surface area is 255 Å². The summed E-state index contributed by atoms with van der Waals surface area (Å²) in [6, 6.07) is 0. The van der Waals surface area contributed by atoms with E-state index in [0.29, 0.717) is 0 Å². The molecule has 2 heteroatoms. The molecule has 0 aromatic rings. The molecule has 0 heterocycles. The lowest BCUT2D eigenvalue weighted by Gasteiger charge is -2.06. The Morgan fingerprint density at radius 3 is 0.900 bits per heavy atom. The summed E-state index contributed by atoms with van der Waals surface area (Å²) in [6.07, 6.45) is 46.8. The van der Waals surface area contributed by atoms with E-state index < -0.39 is 0 Å². The lowest BCUT2D eigenvalue weighted by Crippen LogP contribution is -2.18. The van der Waals surface area contributed by atoms with Crippen LogP contribution in [0.3, 0.4) is 0 Å².